The standard InChI is InChI=1S/C21H23N3O5/c1-21(2)13-8-15-16(9-14(13)24-20(21)26)23-19(22-15)12-6-5-11(7-17(12)27-3)29-10-18(25)28-4/h5-9,19,22-23H,10H2,1-4H3,(H,24,26). The first kappa shape index (κ1) is 18.9. The third-order valence-corrected chi connectivity index (χ3v) is 5.35. The number of fused-ring (bicyclic) bond motifs is 2. The maximum absolute atomic E-state index is 12.2. The molecule has 0 saturated heterocycles. The number of esters is 1. The topological polar surface area (TPSA) is 97.9 Å². The summed E-state index contributed by atoms with van der Waals surface area (Å²) in [6.45, 7) is 3.66. The summed E-state index contributed by atoms with van der Waals surface area (Å²) in [6.07, 6.45) is -0.212. The van der Waals surface area contributed by atoms with E-state index < -0.39 is 11.4 Å². The summed E-state index contributed by atoms with van der Waals surface area (Å²) in [5.74, 6) is 0.670. The molecule has 1 unspecified atom stereocenters. The molecule has 2 heterocycles. The van der Waals surface area contributed by atoms with Gasteiger partial charge in [-0.1, -0.05) is 0 Å². The molecule has 2 aromatic carbocycles. The van der Waals surface area contributed by atoms with Crippen LogP contribution < -0.4 is 25.4 Å². The highest BCUT2D eigenvalue weighted by atomic mass is 16.6. The van der Waals surface area contributed by atoms with Gasteiger partial charge in [-0.2, -0.15) is 0 Å². The molecule has 0 aliphatic carbocycles. The molecule has 1 amide bonds. The second-order valence-corrected chi connectivity index (χ2v) is 7.51. The number of carbonyl (C=O) groups excluding carboxylic acids is 2. The normalized spacial score (nSPS) is 18.1. The van der Waals surface area contributed by atoms with Gasteiger partial charge in [0.25, 0.3) is 0 Å². The van der Waals surface area contributed by atoms with E-state index in [-0.39, 0.29) is 18.7 Å². The Balaban J connectivity index is 1.57. The molecule has 4 rings (SSSR count). The van der Waals surface area contributed by atoms with Crippen molar-refractivity contribution in [3.63, 3.8) is 0 Å². The van der Waals surface area contributed by atoms with Crippen molar-refractivity contribution in [1.82, 2.24) is 0 Å². The lowest BCUT2D eigenvalue weighted by Crippen LogP contribution is -2.26. The van der Waals surface area contributed by atoms with Crippen molar-refractivity contribution in [2.75, 3.05) is 36.8 Å². The van der Waals surface area contributed by atoms with Crippen LogP contribution in [0.2, 0.25) is 0 Å². The zero-order valence-electron chi connectivity index (χ0n) is 16.7. The van der Waals surface area contributed by atoms with Gasteiger partial charge in [-0.25, -0.2) is 4.79 Å². The molecule has 3 N–H and O–H groups in total. The highest BCUT2D eigenvalue weighted by molar-refractivity contribution is 6.07. The van der Waals surface area contributed by atoms with E-state index in [4.69, 9.17) is 9.47 Å². The Morgan fingerprint density at radius 3 is 2.48 bits per heavy atom. The Kier molecular flexibility index (Phi) is 4.49. The molecule has 8 nitrogen and oxygen atoms in total. The fourth-order valence-corrected chi connectivity index (χ4v) is 3.58. The summed E-state index contributed by atoms with van der Waals surface area (Å²) in [5.41, 5.74) is 3.94. The summed E-state index contributed by atoms with van der Waals surface area (Å²) in [6, 6.07) is 9.34. The van der Waals surface area contributed by atoms with Crippen LogP contribution in [-0.2, 0) is 19.7 Å². The van der Waals surface area contributed by atoms with Gasteiger partial charge in [0.2, 0.25) is 5.91 Å². The minimum atomic E-state index is -0.569. The van der Waals surface area contributed by atoms with Gasteiger partial charge in [-0.3, -0.25) is 4.79 Å². The molecule has 2 aromatic rings. The van der Waals surface area contributed by atoms with E-state index in [1.807, 2.05) is 32.0 Å². The molecular formula is C21H23N3O5. The molecule has 29 heavy (non-hydrogen) atoms. The molecule has 0 spiro atoms. The van der Waals surface area contributed by atoms with Gasteiger partial charge in [0.15, 0.2) is 6.61 Å². The lowest BCUT2D eigenvalue weighted by atomic mass is 9.86. The molecular weight excluding hydrogens is 374 g/mol. The third kappa shape index (κ3) is 3.20. The Morgan fingerprint density at radius 2 is 1.79 bits per heavy atom. The van der Waals surface area contributed by atoms with Gasteiger partial charge in [0, 0.05) is 17.3 Å². The van der Waals surface area contributed by atoms with Gasteiger partial charge >= 0.3 is 5.97 Å². The van der Waals surface area contributed by atoms with Gasteiger partial charge in [0.1, 0.15) is 17.7 Å². The smallest absolute Gasteiger partial charge is 0.343 e. The van der Waals surface area contributed by atoms with Crippen LogP contribution in [0.4, 0.5) is 17.1 Å². The number of hydrogen-bond donors (Lipinski definition) is 3. The largest absolute Gasteiger partial charge is 0.496 e. The summed E-state index contributed by atoms with van der Waals surface area (Å²) in [5, 5.41) is 9.80. The quantitative estimate of drug-likeness (QED) is 0.667. The number of ether oxygens (including phenoxy) is 3. The molecule has 0 fully saturated rings. The van der Waals surface area contributed by atoms with E-state index in [1.54, 1.807) is 19.2 Å². The third-order valence-electron chi connectivity index (χ3n) is 5.35. The van der Waals surface area contributed by atoms with Crippen LogP contribution in [0.1, 0.15) is 31.1 Å². The number of methoxy groups -OCH3 is 2. The second-order valence-electron chi connectivity index (χ2n) is 7.51. The van der Waals surface area contributed by atoms with Crippen molar-refractivity contribution in [1.29, 1.82) is 0 Å². The van der Waals surface area contributed by atoms with E-state index in [9.17, 15) is 9.59 Å². The van der Waals surface area contributed by atoms with E-state index in [0.717, 1.165) is 28.2 Å². The Bertz CT molecular complexity index is 1000. The van der Waals surface area contributed by atoms with E-state index in [0.29, 0.717) is 11.5 Å². The van der Waals surface area contributed by atoms with Crippen LogP contribution >= 0.6 is 0 Å². The van der Waals surface area contributed by atoms with Crippen molar-refractivity contribution in [3.8, 4) is 11.5 Å². The molecule has 8 heteroatoms. The van der Waals surface area contributed by atoms with Crippen LogP contribution in [0.3, 0.4) is 0 Å². The fourth-order valence-electron chi connectivity index (χ4n) is 3.58. The Labute approximate surface area is 168 Å². The minimum Gasteiger partial charge on any atom is -0.496 e. The number of rotatable bonds is 5. The molecule has 0 radical (unpaired) electrons. The number of carbonyl (C=O) groups is 2. The Hall–Kier alpha value is -3.42. The van der Waals surface area contributed by atoms with Crippen molar-refractivity contribution in [2.45, 2.75) is 25.4 Å². The number of hydrogen-bond acceptors (Lipinski definition) is 7. The van der Waals surface area contributed by atoms with Crippen molar-refractivity contribution in [3.05, 3.63) is 41.5 Å². The first-order valence-corrected chi connectivity index (χ1v) is 9.24. The van der Waals surface area contributed by atoms with Crippen molar-refractivity contribution in [2.24, 2.45) is 0 Å². The lowest BCUT2D eigenvalue weighted by molar-refractivity contribution is -0.142. The van der Waals surface area contributed by atoms with Gasteiger partial charge in [-0.15, -0.1) is 0 Å². The van der Waals surface area contributed by atoms with Gasteiger partial charge in [-0.05, 0) is 43.7 Å². The van der Waals surface area contributed by atoms with Gasteiger partial charge in [0.05, 0.1) is 31.0 Å². The number of nitrogens with one attached hydrogen (secondary N) is 3. The van der Waals surface area contributed by atoms with Gasteiger partial charge < -0.3 is 30.2 Å². The van der Waals surface area contributed by atoms with E-state index >= 15 is 0 Å². The SMILES string of the molecule is COC(=O)COc1ccc(C2Nc3cc4c(cc3N2)C(C)(C)C(=O)N4)c(OC)c1. The monoisotopic (exact) mass is 397 g/mol. The lowest BCUT2D eigenvalue weighted by Gasteiger charge is -2.18. The predicted molar refractivity (Wildman–Crippen MR) is 109 cm³/mol. The molecule has 152 valence electrons. The zero-order valence-corrected chi connectivity index (χ0v) is 16.7. The highest BCUT2D eigenvalue weighted by Gasteiger charge is 2.40. The van der Waals surface area contributed by atoms with Crippen LogP contribution in [0.15, 0.2) is 30.3 Å². The molecule has 0 saturated carbocycles. The minimum absolute atomic E-state index is 0.00284. The molecule has 0 bridgehead atoms. The molecule has 0 aromatic heterocycles. The van der Waals surface area contributed by atoms with Crippen LogP contribution in [-0.4, -0.2) is 32.7 Å². The Morgan fingerprint density at radius 1 is 1.07 bits per heavy atom. The number of benzene rings is 2. The average Bonchev–Trinajstić information content (AvgIpc) is 3.22. The summed E-state index contributed by atoms with van der Waals surface area (Å²) >= 11 is 0. The number of anilines is 3. The summed E-state index contributed by atoms with van der Waals surface area (Å²) in [7, 11) is 2.89. The summed E-state index contributed by atoms with van der Waals surface area (Å²) in [4.78, 5) is 23.5. The molecule has 1 atom stereocenters. The predicted octanol–water partition coefficient (Wildman–Crippen LogP) is 3.01. The van der Waals surface area contributed by atoms with Crippen LogP contribution in [0.5, 0.6) is 11.5 Å². The molecule has 2 aliphatic rings. The van der Waals surface area contributed by atoms with E-state index in [2.05, 4.69) is 20.7 Å². The van der Waals surface area contributed by atoms with E-state index in [1.165, 1.54) is 7.11 Å². The zero-order chi connectivity index (χ0) is 20.8. The van der Waals surface area contributed by atoms with Crippen LogP contribution in [0, 0.1) is 0 Å². The van der Waals surface area contributed by atoms with Crippen LogP contribution in [0.25, 0.3) is 0 Å². The van der Waals surface area contributed by atoms with Crippen molar-refractivity contribution >= 4 is 28.9 Å². The second kappa shape index (κ2) is 6.88. The number of amides is 1. The average molecular weight is 397 g/mol. The maximum Gasteiger partial charge on any atom is 0.343 e. The summed E-state index contributed by atoms with van der Waals surface area (Å²) < 4.78 is 15.5. The fraction of sp³-hybridized carbons (Fsp3) is 0.333. The highest BCUT2D eigenvalue weighted by Crippen LogP contribution is 2.46. The molecule has 2 aliphatic heterocycles. The maximum atomic E-state index is 12.2. The first-order valence-electron chi connectivity index (χ1n) is 9.24. The van der Waals surface area contributed by atoms with Crippen molar-refractivity contribution < 1.29 is 23.8 Å². The first-order chi connectivity index (χ1) is 13.8.